The number of carbonyl (C=O) groups excluding carboxylic acids is 4. The summed E-state index contributed by atoms with van der Waals surface area (Å²) in [6, 6.07) is 12.3. The lowest BCUT2D eigenvalue weighted by Crippen LogP contribution is -2.55. The first-order valence-electron chi connectivity index (χ1n) is 25.6. The van der Waals surface area contributed by atoms with Gasteiger partial charge in [-0.15, -0.1) is 0 Å². The molecule has 5 aliphatic rings. The summed E-state index contributed by atoms with van der Waals surface area (Å²) >= 11 is 0. The highest BCUT2D eigenvalue weighted by Gasteiger charge is 2.48. The van der Waals surface area contributed by atoms with Crippen LogP contribution in [0.25, 0.3) is 44.2 Å². The van der Waals surface area contributed by atoms with Crippen LogP contribution in [0.3, 0.4) is 0 Å². The van der Waals surface area contributed by atoms with Gasteiger partial charge in [-0.3, -0.25) is 9.59 Å². The highest BCUT2D eigenvalue weighted by Crippen LogP contribution is 2.46. The fourth-order valence-electron chi connectivity index (χ4n) is 12.5. The number of fused-ring (bicyclic) bond motifs is 6. The molecule has 12 atom stereocenters. The summed E-state index contributed by atoms with van der Waals surface area (Å²) in [6.07, 6.45) is 4.06. The van der Waals surface area contributed by atoms with Gasteiger partial charge in [-0.25, -0.2) is 19.6 Å². The van der Waals surface area contributed by atoms with Crippen molar-refractivity contribution in [3.8, 4) is 28.1 Å². The zero-order valence-corrected chi connectivity index (χ0v) is 42.7. The van der Waals surface area contributed by atoms with Gasteiger partial charge in [-0.1, -0.05) is 38.6 Å². The number of alkyl carbamates (subject to hydrolysis) is 2. The molecule has 4 N–H and O–H groups in total. The number of benzene rings is 3. The summed E-state index contributed by atoms with van der Waals surface area (Å²) in [5, 5.41) is 7.72. The van der Waals surface area contributed by atoms with Crippen molar-refractivity contribution >= 4 is 45.8 Å². The van der Waals surface area contributed by atoms with Gasteiger partial charge in [0.25, 0.3) is 0 Å². The largest absolute Gasteiger partial charge is 0.496 e. The number of nitrogens with zero attached hydrogens (tertiary/aromatic N) is 4. The molecule has 0 spiro atoms. The van der Waals surface area contributed by atoms with E-state index in [0.29, 0.717) is 62.5 Å². The number of nitrogens with one attached hydrogen (secondary N) is 4. The van der Waals surface area contributed by atoms with E-state index < -0.39 is 24.3 Å². The van der Waals surface area contributed by atoms with Crippen LogP contribution >= 0.6 is 0 Å². The molecule has 17 nitrogen and oxygen atoms in total. The topological polar surface area (TPSA) is 202 Å². The average Bonchev–Trinajstić information content (AvgIpc) is 4.15. The Hall–Kier alpha value is -6.62. The van der Waals surface area contributed by atoms with E-state index in [4.69, 9.17) is 33.7 Å². The van der Waals surface area contributed by atoms with Crippen LogP contribution in [0.4, 0.5) is 9.59 Å². The van der Waals surface area contributed by atoms with E-state index in [2.05, 4.69) is 91.3 Å². The second-order valence-corrected chi connectivity index (χ2v) is 21.3. The standard InChI is InChI=1S/C55H68N8O9/c1-26-15-44(62(32(26)7)52(64)47(60-54(66)68-9)36-17-28(3)71-29(4)18-36)50-56-24-43(58-50)35-11-13-39-38(21-35)25-70-46-23-40-34(22-41(39)46)12-14-42-49(40)59-51(57-42)45-16-27(2)33(8)63(45)53(65)48(61-55(67)69-10)37-19-30(5)72-31(6)20-37/h11-14,21-24,26-27,29-33,36-37,44-45,47-48H,3,15-20,25H2,1-2,4-10H3,(H,56,58)(H,57,59)(H,60,66)(H,61,67)/t26-,27+,29+,30+,31+,32-,33+,36?,44?,45?,47-,48-/m0/s1. The molecule has 4 fully saturated rings. The third-order valence-electron chi connectivity index (χ3n) is 16.4. The minimum absolute atomic E-state index is 0.0452. The number of aromatic nitrogens is 4. The van der Waals surface area contributed by atoms with Crippen molar-refractivity contribution < 1.29 is 42.9 Å². The Morgan fingerprint density at radius 3 is 2.00 bits per heavy atom. The molecule has 3 unspecified atom stereocenters. The van der Waals surface area contributed by atoms with Crippen molar-refractivity contribution in [2.24, 2.45) is 23.7 Å². The highest BCUT2D eigenvalue weighted by molar-refractivity contribution is 6.07. The van der Waals surface area contributed by atoms with Gasteiger partial charge in [-0.2, -0.15) is 0 Å². The molecule has 0 aliphatic carbocycles. The van der Waals surface area contributed by atoms with Crippen LogP contribution in [0.2, 0.25) is 0 Å². The molecule has 3 aromatic carbocycles. The quantitative estimate of drug-likeness (QED) is 0.110. The second-order valence-electron chi connectivity index (χ2n) is 21.3. The third kappa shape index (κ3) is 9.02. The maximum atomic E-state index is 14.8. The Balaban J connectivity index is 0.906. The molecule has 4 amide bonds. The van der Waals surface area contributed by atoms with Gasteiger partial charge in [0.2, 0.25) is 11.8 Å². The number of rotatable bonds is 9. The lowest BCUT2D eigenvalue weighted by molar-refractivity contribution is -0.141. The summed E-state index contributed by atoms with van der Waals surface area (Å²) in [6.45, 7) is 18.8. The summed E-state index contributed by atoms with van der Waals surface area (Å²) in [5.74, 6) is 2.48. The molecule has 5 aromatic rings. The lowest BCUT2D eigenvalue weighted by atomic mass is 9.85. The van der Waals surface area contributed by atoms with Crippen LogP contribution in [-0.4, -0.2) is 110 Å². The molecule has 17 heteroatoms. The first kappa shape index (κ1) is 49.0. The Kier molecular flexibility index (Phi) is 13.2. The zero-order chi connectivity index (χ0) is 50.9. The minimum Gasteiger partial charge on any atom is -0.496 e. The molecule has 10 rings (SSSR count). The van der Waals surface area contributed by atoms with E-state index in [1.165, 1.54) is 14.2 Å². The van der Waals surface area contributed by atoms with Crippen molar-refractivity contribution in [3.63, 3.8) is 0 Å². The number of hydrogen-bond acceptors (Lipinski definition) is 11. The fourth-order valence-corrected chi connectivity index (χ4v) is 12.5. The second kappa shape index (κ2) is 19.4. The molecule has 5 aliphatic heterocycles. The Morgan fingerprint density at radius 1 is 0.736 bits per heavy atom. The van der Waals surface area contributed by atoms with Crippen LogP contribution in [0, 0.1) is 23.7 Å². The number of H-pyrrole nitrogens is 2. The molecule has 4 saturated heterocycles. The maximum Gasteiger partial charge on any atom is 0.407 e. The fraction of sp³-hybridized carbons (Fsp3) is 0.527. The molecule has 7 heterocycles. The molecule has 0 bridgehead atoms. The average molecular weight is 985 g/mol. The van der Waals surface area contributed by atoms with Gasteiger partial charge >= 0.3 is 12.2 Å². The zero-order valence-electron chi connectivity index (χ0n) is 42.7. The SMILES string of the molecule is C=C1CC([C@H](NC(=O)OC)C(=O)N2C(c3ncc(-c4ccc5c(c4)COc4cc6c(ccc7[nH]c(C8C[C@@H](C)[C@@H](C)N8C(=O)[C@@H](NC(=O)OC)C8C[C@@H](C)O[C@H](C)C8)nc76)cc4-5)[nH]3)C[C@H](C)[C@@H]2C)C[C@@H](C)O1. The first-order valence-corrected chi connectivity index (χ1v) is 25.6. The van der Waals surface area contributed by atoms with Crippen molar-refractivity contribution in [1.82, 2.24) is 40.4 Å². The molecule has 0 saturated carbocycles. The number of methoxy groups -OCH3 is 2. The Morgan fingerprint density at radius 2 is 1.36 bits per heavy atom. The van der Waals surface area contributed by atoms with Crippen LogP contribution in [0.1, 0.15) is 116 Å². The van der Waals surface area contributed by atoms with E-state index in [9.17, 15) is 19.2 Å². The number of carbonyl (C=O) groups is 4. The maximum absolute atomic E-state index is 14.8. The molecule has 72 heavy (non-hydrogen) atoms. The number of imidazole rings is 2. The van der Waals surface area contributed by atoms with Gasteiger partial charge in [0, 0.05) is 29.5 Å². The number of aromatic amines is 2. The van der Waals surface area contributed by atoms with Gasteiger partial charge in [0.15, 0.2) is 0 Å². The normalized spacial score (nSPS) is 28.9. The van der Waals surface area contributed by atoms with E-state index in [1.807, 2.05) is 42.8 Å². The van der Waals surface area contributed by atoms with Crippen molar-refractivity contribution in [2.45, 2.75) is 148 Å². The van der Waals surface area contributed by atoms with E-state index in [-0.39, 0.29) is 78.0 Å². The predicted octanol–water partition coefficient (Wildman–Crippen LogP) is 9.24. The summed E-state index contributed by atoms with van der Waals surface area (Å²) in [5.41, 5.74) is 6.50. The molecule has 0 radical (unpaired) electrons. The van der Waals surface area contributed by atoms with E-state index in [1.54, 1.807) is 0 Å². The summed E-state index contributed by atoms with van der Waals surface area (Å²) in [4.78, 5) is 75.9. The van der Waals surface area contributed by atoms with Crippen LogP contribution < -0.4 is 15.4 Å². The number of amides is 4. The first-order chi connectivity index (χ1) is 34.5. The molecular weight excluding hydrogens is 917 g/mol. The predicted molar refractivity (Wildman–Crippen MR) is 270 cm³/mol. The number of hydrogen-bond donors (Lipinski definition) is 4. The number of allylic oxidation sites excluding steroid dienone is 1. The summed E-state index contributed by atoms with van der Waals surface area (Å²) < 4.78 is 28.3. The summed E-state index contributed by atoms with van der Waals surface area (Å²) in [7, 11) is 2.62. The van der Waals surface area contributed by atoms with Crippen molar-refractivity contribution in [3.05, 3.63) is 78.2 Å². The van der Waals surface area contributed by atoms with Gasteiger partial charge in [0.05, 0.1) is 73.3 Å². The van der Waals surface area contributed by atoms with Crippen molar-refractivity contribution in [1.29, 1.82) is 0 Å². The molecule has 2 aromatic heterocycles. The van der Waals surface area contributed by atoms with Crippen molar-refractivity contribution in [2.75, 3.05) is 14.2 Å². The number of ether oxygens (including phenoxy) is 5. The number of likely N-dealkylation sites (tertiary alicyclic amines) is 2. The van der Waals surface area contributed by atoms with Gasteiger partial charge in [0.1, 0.15) is 36.1 Å². The van der Waals surface area contributed by atoms with Gasteiger partial charge in [-0.05, 0) is 137 Å². The lowest BCUT2D eigenvalue weighted by Gasteiger charge is -2.39. The van der Waals surface area contributed by atoms with E-state index >= 15 is 0 Å². The third-order valence-corrected chi connectivity index (χ3v) is 16.4. The van der Waals surface area contributed by atoms with Gasteiger partial charge < -0.3 is 54.1 Å². The smallest absolute Gasteiger partial charge is 0.407 e. The Bertz CT molecular complexity index is 2920. The molecular formula is C55H68N8O9. The minimum atomic E-state index is -0.824. The van der Waals surface area contributed by atoms with Crippen LogP contribution in [-0.2, 0) is 35.1 Å². The molecule has 382 valence electrons. The highest BCUT2D eigenvalue weighted by atomic mass is 16.5. The Labute approximate surface area is 420 Å². The van der Waals surface area contributed by atoms with E-state index in [0.717, 1.165) is 55.5 Å². The van der Waals surface area contributed by atoms with Crippen LogP contribution in [0.15, 0.2) is 61.0 Å². The monoisotopic (exact) mass is 985 g/mol. The van der Waals surface area contributed by atoms with Crippen LogP contribution in [0.5, 0.6) is 5.75 Å².